The summed E-state index contributed by atoms with van der Waals surface area (Å²) in [6.45, 7) is 0. The predicted octanol–water partition coefficient (Wildman–Crippen LogP) is 3.89. The highest BCUT2D eigenvalue weighted by Gasteiger charge is 2.21. The van der Waals surface area contributed by atoms with Crippen LogP contribution in [0.15, 0.2) is 22.7 Å². The van der Waals surface area contributed by atoms with Gasteiger partial charge in [0.05, 0.1) is 29.9 Å². The summed E-state index contributed by atoms with van der Waals surface area (Å²) in [6.07, 6.45) is -0.442. The number of fused-ring (bicyclic) bond motifs is 2. The quantitative estimate of drug-likeness (QED) is 0.536. The molecule has 120 valence electrons. The third kappa shape index (κ3) is 2.38. The number of carboxylic acids is 1. The molecule has 2 aromatic heterocycles. The Morgan fingerprint density at radius 1 is 1.04 bits per heavy atom. The molecule has 0 atom stereocenters. The minimum Gasteiger partial charge on any atom is -0.481 e. The third-order valence-corrected chi connectivity index (χ3v) is 5.27. The minimum absolute atomic E-state index is 0.0414. The monoisotopic (exact) mass is 424 g/mol. The molecule has 0 bridgehead atoms. The highest BCUT2D eigenvalue weighted by Crippen LogP contribution is 2.37. The van der Waals surface area contributed by atoms with E-state index in [1.54, 1.807) is 6.07 Å². The van der Waals surface area contributed by atoms with Crippen molar-refractivity contribution in [3.63, 3.8) is 0 Å². The summed E-state index contributed by atoms with van der Waals surface area (Å²) in [5.41, 5.74) is 3.31. The Hall–Kier alpha value is -2.04. The van der Waals surface area contributed by atoms with E-state index in [0.29, 0.717) is 27.7 Å². The van der Waals surface area contributed by atoms with E-state index in [2.05, 4.69) is 33.4 Å². The molecule has 0 radical (unpaired) electrons. The van der Waals surface area contributed by atoms with Crippen LogP contribution in [0.5, 0.6) is 0 Å². The molecule has 0 amide bonds. The van der Waals surface area contributed by atoms with Crippen LogP contribution < -0.4 is 0 Å². The number of benzene rings is 2. The molecule has 1 N–H and O–H groups in total. The summed E-state index contributed by atoms with van der Waals surface area (Å²) in [7, 11) is 0. The Kier molecular flexibility index (Phi) is 3.74. The lowest BCUT2D eigenvalue weighted by Crippen LogP contribution is -2.04. The van der Waals surface area contributed by atoms with Gasteiger partial charge in [-0.1, -0.05) is 6.07 Å². The molecule has 0 saturated carbocycles. The van der Waals surface area contributed by atoms with Gasteiger partial charge in [0.25, 0.3) is 0 Å². The van der Waals surface area contributed by atoms with Crippen molar-refractivity contribution in [2.45, 2.75) is 6.42 Å². The van der Waals surface area contributed by atoms with Gasteiger partial charge in [-0.3, -0.25) is 4.79 Å². The first-order valence-electron chi connectivity index (χ1n) is 6.63. The van der Waals surface area contributed by atoms with E-state index < -0.39 is 18.2 Å². The maximum Gasteiger partial charge on any atom is 0.308 e. The summed E-state index contributed by atoms with van der Waals surface area (Å²) in [6, 6.07) is 4.91. The first-order chi connectivity index (χ1) is 11.6. The lowest BCUT2D eigenvalue weighted by atomic mass is 9.98. The Morgan fingerprint density at radius 2 is 1.67 bits per heavy atom. The number of aromatic nitrogens is 4. The van der Waals surface area contributed by atoms with Crippen LogP contribution in [0.2, 0.25) is 0 Å². The topological polar surface area (TPSA) is 88.9 Å². The summed E-state index contributed by atoms with van der Waals surface area (Å²) >= 11 is 5.40. The molecule has 6 nitrogen and oxygen atoms in total. The van der Waals surface area contributed by atoms with Crippen molar-refractivity contribution in [3.05, 3.63) is 34.1 Å². The van der Waals surface area contributed by atoms with Crippen LogP contribution in [0.4, 0.5) is 4.39 Å². The SMILES string of the molecule is O=C(O)Cc1c(F)cc(-c2ccc(Br)c3nsnc23)c2nsnc12. The Labute approximate surface area is 150 Å². The van der Waals surface area contributed by atoms with E-state index in [0.717, 1.165) is 27.9 Å². The van der Waals surface area contributed by atoms with Crippen molar-refractivity contribution in [2.24, 2.45) is 0 Å². The second kappa shape index (κ2) is 5.80. The average molecular weight is 425 g/mol. The molecule has 0 aliphatic heterocycles. The lowest BCUT2D eigenvalue weighted by Gasteiger charge is -2.08. The molecule has 24 heavy (non-hydrogen) atoms. The molecule has 2 heterocycles. The fourth-order valence-corrected chi connectivity index (χ4v) is 4.22. The highest BCUT2D eigenvalue weighted by molar-refractivity contribution is 9.10. The predicted molar refractivity (Wildman–Crippen MR) is 92.8 cm³/mol. The Morgan fingerprint density at radius 3 is 2.38 bits per heavy atom. The van der Waals surface area contributed by atoms with Gasteiger partial charge < -0.3 is 5.11 Å². The smallest absolute Gasteiger partial charge is 0.308 e. The average Bonchev–Trinajstić information content (AvgIpc) is 3.19. The van der Waals surface area contributed by atoms with Crippen LogP contribution in [-0.2, 0) is 11.2 Å². The molecule has 0 aliphatic rings. The maximum absolute atomic E-state index is 14.5. The van der Waals surface area contributed by atoms with Crippen molar-refractivity contribution < 1.29 is 14.3 Å². The summed E-state index contributed by atoms with van der Waals surface area (Å²) in [5, 5.41) is 8.99. The van der Waals surface area contributed by atoms with E-state index in [1.165, 1.54) is 6.07 Å². The fourth-order valence-electron chi connectivity index (χ4n) is 2.54. The molecule has 4 rings (SSSR count). The molecule has 10 heteroatoms. The molecule has 0 fully saturated rings. The largest absolute Gasteiger partial charge is 0.481 e. The molecule has 0 aliphatic carbocycles. The van der Waals surface area contributed by atoms with Gasteiger partial charge >= 0.3 is 5.97 Å². The zero-order valence-corrected chi connectivity index (χ0v) is 14.9. The molecule has 2 aromatic carbocycles. The van der Waals surface area contributed by atoms with Gasteiger partial charge in [-0.15, -0.1) is 0 Å². The standard InChI is InChI=1S/C14H6BrFN4O2S2/c15-8-2-1-5(11-14(8)20-24-17-11)6-3-9(16)7(4-10(21)22)13-12(6)18-23-19-13/h1-3H,4H2,(H,21,22). The van der Waals surface area contributed by atoms with Crippen LogP contribution in [-0.4, -0.2) is 28.6 Å². The summed E-state index contributed by atoms with van der Waals surface area (Å²) < 4.78 is 32.2. The van der Waals surface area contributed by atoms with Gasteiger partial charge in [0.1, 0.15) is 27.9 Å². The number of halogens is 2. The molecular formula is C14H6BrFN4O2S2. The van der Waals surface area contributed by atoms with E-state index in [1.807, 2.05) is 6.07 Å². The minimum atomic E-state index is -1.12. The summed E-state index contributed by atoms with van der Waals surface area (Å²) in [4.78, 5) is 11.0. The maximum atomic E-state index is 14.5. The molecule has 0 spiro atoms. The van der Waals surface area contributed by atoms with E-state index in [9.17, 15) is 9.18 Å². The Bertz CT molecular complexity index is 1110. The van der Waals surface area contributed by atoms with Gasteiger partial charge in [0.15, 0.2) is 0 Å². The Balaban J connectivity index is 2.04. The highest BCUT2D eigenvalue weighted by atomic mass is 79.9. The second-order valence-electron chi connectivity index (χ2n) is 4.97. The van der Waals surface area contributed by atoms with Crippen molar-refractivity contribution >= 4 is 67.4 Å². The number of rotatable bonds is 3. The van der Waals surface area contributed by atoms with Crippen LogP contribution in [0.25, 0.3) is 33.2 Å². The fraction of sp³-hybridized carbons (Fsp3) is 0.0714. The number of nitrogens with zero attached hydrogens (tertiary/aromatic N) is 4. The van der Waals surface area contributed by atoms with E-state index in [4.69, 9.17) is 5.11 Å². The van der Waals surface area contributed by atoms with Crippen molar-refractivity contribution in [1.82, 2.24) is 17.5 Å². The summed E-state index contributed by atoms with van der Waals surface area (Å²) in [5.74, 6) is -1.74. The number of carbonyl (C=O) groups is 1. The van der Waals surface area contributed by atoms with Crippen LogP contribution in [0.3, 0.4) is 0 Å². The molecule has 0 unspecified atom stereocenters. The normalized spacial score (nSPS) is 11.4. The van der Waals surface area contributed by atoms with Gasteiger partial charge in [-0.2, -0.15) is 17.5 Å². The van der Waals surface area contributed by atoms with Gasteiger partial charge in [-0.25, -0.2) is 4.39 Å². The van der Waals surface area contributed by atoms with Gasteiger partial charge in [0.2, 0.25) is 0 Å². The molecule has 0 saturated heterocycles. The molecule has 4 aromatic rings. The van der Waals surface area contributed by atoms with Crippen LogP contribution in [0, 0.1) is 5.82 Å². The van der Waals surface area contributed by atoms with Gasteiger partial charge in [0, 0.05) is 21.2 Å². The zero-order valence-electron chi connectivity index (χ0n) is 11.7. The first-order valence-corrected chi connectivity index (χ1v) is 8.88. The number of hydrogen-bond acceptors (Lipinski definition) is 7. The van der Waals surface area contributed by atoms with E-state index in [-0.39, 0.29) is 11.1 Å². The number of hydrogen-bond donors (Lipinski definition) is 1. The zero-order chi connectivity index (χ0) is 16.8. The van der Waals surface area contributed by atoms with Crippen LogP contribution >= 0.6 is 39.4 Å². The van der Waals surface area contributed by atoms with Crippen LogP contribution in [0.1, 0.15) is 5.56 Å². The number of carboxylic acid groups (broad SMARTS) is 1. The van der Waals surface area contributed by atoms with Crippen molar-refractivity contribution in [3.8, 4) is 11.1 Å². The lowest BCUT2D eigenvalue weighted by molar-refractivity contribution is -0.136. The van der Waals surface area contributed by atoms with Crippen molar-refractivity contribution in [1.29, 1.82) is 0 Å². The molecular weight excluding hydrogens is 419 g/mol. The van der Waals surface area contributed by atoms with Gasteiger partial charge in [-0.05, 0) is 28.1 Å². The third-order valence-electron chi connectivity index (χ3n) is 3.57. The van der Waals surface area contributed by atoms with E-state index >= 15 is 0 Å². The first kappa shape index (κ1) is 15.5. The second-order valence-corrected chi connectivity index (χ2v) is 6.88. The number of aliphatic carboxylic acids is 1. The van der Waals surface area contributed by atoms with Crippen molar-refractivity contribution in [2.75, 3.05) is 0 Å².